The quantitative estimate of drug-likeness (QED) is 0.307. The number of hydrogen-bond acceptors (Lipinski definition) is 0. The summed E-state index contributed by atoms with van der Waals surface area (Å²) in [6.45, 7) is 17.0. The van der Waals surface area contributed by atoms with Crippen LogP contribution in [0.2, 0.25) is 16.6 Å². The lowest BCUT2D eigenvalue weighted by molar-refractivity contribution is 0.417. The molecule has 0 fully saturated rings. The molecule has 0 aromatic heterocycles. The molecule has 0 aliphatic carbocycles. The van der Waals surface area contributed by atoms with Crippen molar-refractivity contribution in [1.29, 1.82) is 0 Å². The maximum Gasteiger partial charge on any atom is 0.285 e. The number of halogens is 2. The van der Waals surface area contributed by atoms with Gasteiger partial charge in [0, 0.05) is 5.56 Å². The average Bonchev–Trinajstić information content (AvgIpc) is 2.47. The molecule has 0 spiro atoms. The molecule has 0 nitrogen and oxygen atoms in total. The van der Waals surface area contributed by atoms with Gasteiger partial charge in [0.05, 0.1) is 13.6 Å². The van der Waals surface area contributed by atoms with Crippen molar-refractivity contribution in [2.75, 3.05) is 0 Å². The molecule has 0 aliphatic rings. The van der Waals surface area contributed by atoms with Crippen LogP contribution in [0, 0.1) is 11.8 Å². The fraction of sp³-hybridized carbons (Fsp3) is 0.429. The second-order valence-electron chi connectivity index (χ2n) is 7.13. The number of hydrogen-bond donors (Lipinski definition) is 0. The average molecular weight is 347 g/mol. The third-order valence-corrected chi connectivity index (χ3v) is 12.0. The maximum absolute atomic E-state index is 13.7. The Morgan fingerprint density at radius 2 is 1.38 bits per heavy atom. The Hall–Kier alpha value is -1.66. The van der Waals surface area contributed by atoms with Crippen molar-refractivity contribution in [3.63, 3.8) is 0 Å². The van der Waals surface area contributed by atoms with Crippen LogP contribution in [0.4, 0.5) is 8.78 Å². The van der Waals surface area contributed by atoms with Crippen molar-refractivity contribution in [3.8, 4) is 11.8 Å². The van der Waals surface area contributed by atoms with Crippen molar-refractivity contribution in [1.82, 2.24) is 0 Å². The van der Waals surface area contributed by atoms with Crippen LogP contribution in [0.5, 0.6) is 0 Å². The molecule has 24 heavy (non-hydrogen) atoms. The van der Waals surface area contributed by atoms with Crippen LogP contribution >= 0.6 is 0 Å². The molecule has 1 rings (SSSR count). The Labute approximate surface area is 146 Å². The van der Waals surface area contributed by atoms with Gasteiger partial charge in [0.2, 0.25) is 0 Å². The fourth-order valence-electron chi connectivity index (χ4n) is 4.15. The fourth-order valence-corrected chi connectivity index (χ4v) is 10.8. The maximum atomic E-state index is 13.7. The molecule has 0 bridgehead atoms. The number of rotatable bonds is 5. The minimum Gasteiger partial charge on any atom is -0.172 e. The zero-order valence-electron chi connectivity index (χ0n) is 15.6. The predicted molar refractivity (Wildman–Crippen MR) is 103 cm³/mol. The van der Waals surface area contributed by atoms with Gasteiger partial charge in [-0.25, -0.2) is 0 Å². The normalized spacial score (nSPS) is 11.5. The summed E-state index contributed by atoms with van der Waals surface area (Å²) in [5.74, 6) is 5.59. The number of benzene rings is 1. The first kappa shape index (κ1) is 20.4. The Bertz CT molecular complexity index is 632. The molecule has 0 aliphatic heterocycles. The van der Waals surface area contributed by atoms with E-state index in [-0.39, 0.29) is 5.57 Å². The molecule has 0 amide bonds. The first-order valence-corrected chi connectivity index (χ1v) is 10.7. The lowest BCUT2D eigenvalue weighted by Gasteiger charge is -2.44. The summed E-state index contributed by atoms with van der Waals surface area (Å²) in [7, 11) is -2.23. The van der Waals surface area contributed by atoms with Gasteiger partial charge in [-0.15, -0.1) is 0 Å². The van der Waals surface area contributed by atoms with Gasteiger partial charge >= 0.3 is 0 Å². The van der Waals surface area contributed by atoms with Crippen LogP contribution in [0.15, 0.2) is 53.8 Å². The van der Waals surface area contributed by atoms with Gasteiger partial charge in [-0.2, -0.15) is 8.78 Å². The van der Waals surface area contributed by atoms with E-state index in [0.29, 0.717) is 21.8 Å². The second-order valence-corrected chi connectivity index (χ2v) is 13.1. The van der Waals surface area contributed by atoms with Crippen molar-refractivity contribution in [2.45, 2.75) is 58.2 Å². The summed E-state index contributed by atoms with van der Waals surface area (Å²) in [5.41, 5.74) is 1.53. The molecule has 130 valence electrons. The van der Waals surface area contributed by atoms with E-state index < -0.39 is 14.2 Å². The topological polar surface area (TPSA) is 0 Å². The summed E-state index contributed by atoms with van der Waals surface area (Å²) >= 11 is 0. The molecule has 1 aromatic carbocycles. The molecule has 0 heterocycles. The Kier molecular flexibility index (Phi) is 7.17. The molecule has 1 aromatic rings. The van der Waals surface area contributed by atoms with Gasteiger partial charge in [-0.3, -0.25) is 0 Å². The molecule has 0 atom stereocenters. The summed E-state index contributed by atoms with van der Waals surface area (Å²) in [5, 5.41) is 0.589. The highest BCUT2D eigenvalue weighted by molar-refractivity contribution is 6.90. The van der Waals surface area contributed by atoms with Crippen molar-refractivity contribution in [2.24, 2.45) is 0 Å². The van der Waals surface area contributed by atoms with Crippen molar-refractivity contribution < 1.29 is 8.78 Å². The van der Waals surface area contributed by atoms with Crippen LogP contribution in [0.1, 0.15) is 47.1 Å². The van der Waals surface area contributed by atoms with E-state index in [2.05, 4.69) is 60.0 Å². The van der Waals surface area contributed by atoms with Crippen LogP contribution < -0.4 is 0 Å². The van der Waals surface area contributed by atoms with E-state index in [1.165, 1.54) is 0 Å². The Morgan fingerprint density at radius 3 is 1.75 bits per heavy atom. The van der Waals surface area contributed by atoms with E-state index >= 15 is 0 Å². The van der Waals surface area contributed by atoms with E-state index in [0.717, 1.165) is 5.56 Å². The van der Waals surface area contributed by atoms with Gasteiger partial charge < -0.3 is 0 Å². The molecule has 0 radical (unpaired) electrons. The van der Waals surface area contributed by atoms with Crippen LogP contribution in [-0.4, -0.2) is 8.07 Å². The third-order valence-electron chi connectivity index (χ3n) is 4.99. The van der Waals surface area contributed by atoms with Crippen molar-refractivity contribution >= 4 is 8.07 Å². The summed E-state index contributed by atoms with van der Waals surface area (Å²) in [6, 6.07) is 9.22. The van der Waals surface area contributed by atoms with E-state index in [4.69, 9.17) is 0 Å². The zero-order valence-corrected chi connectivity index (χ0v) is 16.6. The monoisotopic (exact) mass is 346 g/mol. The van der Waals surface area contributed by atoms with E-state index in [1.807, 2.05) is 30.3 Å². The Morgan fingerprint density at radius 1 is 0.917 bits per heavy atom. The smallest absolute Gasteiger partial charge is 0.172 e. The lowest BCUT2D eigenvalue weighted by Crippen LogP contribution is -2.47. The summed E-state index contributed by atoms with van der Waals surface area (Å²) < 4.78 is 27.4. The highest BCUT2D eigenvalue weighted by Gasteiger charge is 2.46. The second kappa shape index (κ2) is 8.44. The number of allylic oxidation sites excluding steroid dienone is 2. The summed E-state index contributed by atoms with van der Waals surface area (Å²) in [6.07, 6.45) is -1.72. The van der Waals surface area contributed by atoms with Gasteiger partial charge in [-0.1, -0.05) is 78.2 Å². The first-order chi connectivity index (χ1) is 11.2. The minimum absolute atomic E-state index is 0.151. The first-order valence-electron chi connectivity index (χ1n) is 8.47. The molecule has 0 N–H and O–H groups in total. The van der Waals surface area contributed by atoms with E-state index in [1.54, 1.807) is 0 Å². The van der Waals surface area contributed by atoms with Gasteiger partial charge in [0.1, 0.15) is 0 Å². The van der Waals surface area contributed by atoms with Crippen molar-refractivity contribution in [3.05, 3.63) is 59.3 Å². The molecular formula is C21H28F2Si. The molecule has 0 unspecified atom stereocenters. The molecular weight excluding hydrogens is 318 g/mol. The van der Waals surface area contributed by atoms with Crippen LogP contribution in [0.25, 0.3) is 0 Å². The van der Waals surface area contributed by atoms with Gasteiger partial charge in [0.25, 0.3) is 6.08 Å². The zero-order chi connectivity index (χ0) is 18.5. The molecule has 3 heteroatoms. The van der Waals surface area contributed by atoms with E-state index in [9.17, 15) is 8.78 Å². The predicted octanol–water partition coefficient (Wildman–Crippen LogP) is 6.96. The highest BCUT2D eigenvalue weighted by Crippen LogP contribution is 2.48. The standard InChI is InChI=1S/C21H28F2Si/c1-15(2)24(16(3)4,17(5)6)18(7)20(21(22)23)14-13-19-11-9-8-10-12-19/h8-12,15-17H,7H2,1-6H3. The summed E-state index contributed by atoms with van der Waals surface area (Å²) in [4.78, 5) is 0. The van der Waals surface area contributed by atoms with Crippen LogP contribution in [0.3, 0.4) is 0 Å². The SMILES string of the molecule is C=C(C(C#Cc1ccccc1)=C(F)F)[Si](C(C)C)(C(C)C)C(C)C. The van der Waals surface area contributed by atoms with Gasteiger partial charge in [0.15, 0.2) is 0 Å². The van der Waals surface area contributed by atoms with Gasteiger partial charge in [-0.05, 0) is 34.0 Å². The minimum atomic E-state index is -2.23. The molecule has 0 saturated heterocycles. The third kappa shape index (κ3) is 4.05. The largest absolute Gasteiger partial charge is 0.285 e. The van der Waals surface area contributed by atoms with Crippen LogP contribution in [-0.2, 0) is 0 Å². The highest BCUT2D eigenvalue weighted by atomic mass is 28.3. The molecule has 0 saturated carbocycles. The Balaban J connectivity index is 3.43. The lowest BCUT2D eigenvalue weighted by atomic mass is 10.2.